The predicted octanol–water partition coefficient (Wildman–Crippen LogP) is 1.53. The van der Waals surface area contributed by atoms with Gasteiger partial charge in [0.05, 0.1) is 0 Å². The van der Waals surface area contributed by atoms with E-state index in [1.54, 1.807) is 0 Å². The predicted molar refractivity (Wildman–Crippen MR) is 45.7 cm³/mol. The molecule has 0 aromatic heterocycles. The van der Waals surface area contributed by atoms with Gasteiger partial charge in [-0.15, -0.1) is 0 Å². The molecule has 0 radical (unpaired) electrons. The maximum Gasteiger partial charge on any atom is 0.105 e. The van der Waals surface area contributed by atoms with Crippen molar-refractivity contribution in [3.8, 4) is 0 Å². The molecule has 0 aromatic rings. The van der Waals surface area contributed by atoms with E-state index < -0.39 is 0 Å². The fraction of sp³-hybridized carbons (Fsp3) is 1.00. The molecule has 0 N–H and O–H groups in total. The van der Waals surface area contributed by atoms with Gasteiger partial charge in [0, 0.05) is 0 Å². The molecule has 0 heterocycles. The molecule has 0 rings (SSSR count). The molecule has 0 bridgehead atoms. The Labute approximate surface area is 58.9 Å². The standard InChI is InChI=1S/C6H15BS/c1-6(7)4-2-3-5-8/h6,8H,2-5,7H2,1H3/t6-/m1/s1. The molecule has 0 aliphatic heterocycles. The Kier molecular flexibility index (Phi) is 5.84. The summed E-state index contributed by atoms with van der Waals surface area (Å²) in [6.07, 6.45) is 3.99. The van der Waals surface area contributed by atoms with Gasteiger partial charge in [0.25, 0.3) is 0 Å². The van der Waals surface area contributed by atoms with Gasteiger partial charge in [-0.2, -0.15) is 12.6 Å². The van der Waals surface area contributed by atoms with Crippen LogP contribution in [0.25, 0.3) is 0 Å². The molecule has 0 amide bonds. The fourth-order valence-corrected chi connectivity index (χ4v) is 0.888. The van der Waals surface area contributed by atoms with Crippen LogP contribution in [-0.4, -0.2) is 13.6 Å². The minimum Gasteiger partial charge on any atom is -0.179 e. The summed E-state index contributed by atoms with van der Waals surface area (Å²) >= 11 is 4.12. The molecule has 0 saturated heterocycles. The van der Waals surface area contributed by atoms with E-state index in [0.29, 0.717) is 0 Å². The van der Waals surface area contributed by atoms with Crippen molar-refractivity contribution < 1.29 is 0 Å². The van der Waals surface area contributed by atoms with Crippen LogP contribution in [0.4, 0.5) is 0 Å². The SMILES string of the molecule is B[C@H](C)CCCCS. The smallest absolute Gasteiger partial charge is 0.105 e. The molecule has 0 aliphatic rings. The van der Waals surface area contributed by atoms with Gasteiger partial charge in [-0.3, -0.25) is 0 Å². The van der Waals surface area contributed by atoms with E-state index in [0.717, 1.165) is 11.6 Å². The number of unbranched alkanes of at least 4 members (excludes halogenated alkanes) is 1. The molecule has 0 aliphatic carbocycles. The highest BCUT2D eigenvalue weighted by molar-refractivity contribution is 7.80. The number of hydrogen-bond acceptors (Lipinski definition) is 1. The summed E-state index contributed by atoms with van der Waals surface area (Å²) in [5, 5.41) is 0. The third-order valence-corrected chi connectivity index (χ3v) is 1.51. The van der Waals surface area contributed by atoms with Crippen LogP contribution in [-0.2, 0) is 0 Å². The normalized spacial score (nSPS) is 13.8. The lowest BCUT2D eigenvalue weighted by Gasteiger charge is -2.00. The second-order valence-electron chi connectivity index (χ2n) is 2.61. The zero-order valence-corrected chi connectivity index (χ0v) is 6.75. The average Bonchev–Trinajstić information content (AvgIpc) is 1.66. The summed E-state index contributed by atoms with van der Waals surface area (Å²) in [6.45, 7) is 2.26. The molecule has 2 heteroatoms. The van der Waals surface area contributed by atoms with Gasteiger partial charge in [0.2, 0.25) is 0 Å². The molecule has 0 fully saturated rings. The largest absolute Gasteiger partial charge is 0.179 e. The molecule has 0 nitrogen and oxygen atoms in total. The van der Waals surface area contributed by atoms with Crippen LogP contribution < -0.4 is 0 Å². The Morgan fingerprint density at radius 2 is 2.12 bits per heavy atom. The van der Waals surface area contributed by atoms with Gasteiger partial charge in [-0.05, 0) is 12.2 Å². The minimum atomic E-state index is 0.870. The third-order valence-electron chi connectivity index (χ3n) is 1.19. The maximum atomic E-state index is 4.12. The summed E-state index contributed by atoms with van der Waals surface area (Å²) in [5.74, 6) is 1.92. The second kappa shape index (κ2) is 5.55. The fourth-order valence-electron chi connectivity index (χ4n) is 0.664. The van der Waals surface area contributed by atoms with Crippen LogP contribution in [0.3, 0.4) is 0 Å². The van der Waals surface area contributed by atoms with Gasteiger partial charge in [-0.25, -0.2) is 0 Å². The Morgan fingerprint density at radius 3 is 2.50 bits per heavy atom. The van der Waals surface area contributed by atoms with E-state index in [4.69, 9.17) is 0 Å². The summed E-state index contributed by atoms with van der Waals surface area (Å²) in [5.41, 5.74) is 0. The molecule has 0 unspecified atom stereocenters. The molecule has 0 spiro atoms. The second-order valence-corrected chi connectivity index (χ2v) is 3.06. The first-order valence-corrected chi connectivity index (χ1v) is 4.01. The lowest BCUT2D eigenvalue weighted by Crippen LogP contribution is -1.85. The summed E-state index contributed by atoms with van der Waals surface area (Å²) in [6, 6.07) is 0. The zero-order valence-electron chi connectivity index (χ0n) is 5.85. The van der Waals surface area contributed by atoms with Crippen molar-refractivity contribution >= 4 is 20.5 Å². The van der Waals surface area contributed by atoms with Crippen molar-refractivity contribution in [1.82, 2.24) is 0 Å². The molecule has 1 atom stereocenters. The van der Waals surface area contributed by atoms with Gasteiger partial charge in [-0.1, -0.05) is 25.6 Å². The highest BCUT2D eigenvalue weighted by Crippen LogP contribution is 2.08. The maximum absolute atomic E-state index is 4.12. The van der Waals surface area contributed by atoms with Crippen LogP contribution in [0.15, 0.2) is 0 Å². The zero-order chi connectivity index (χ0) is 6.41. The van der Waals surface area contributed by atoms with Crippen molar-refractivity contribution in [3.05, 3.63) is 0 Å². The molecule has 8 heavy (non-hydrogen) atoms. The summed E-state index contributed by atoms with van der Waals surface area (Å²) in [4.78, 5) is 0. The monoisotopic (exact) mass is 130 g/mol. The molecule has 0 saturated carbocycles. The highest BCUT2D eigenvalue weighted by atomic mass is 32.1. The number of thiol groups is 1. The highest BCUT2D eigenvalue weighted by Gasteiger charge is 1.91. The van der Waals surface area contributed by atoms with Crippen LogP contribution in [0.1, 0.15) is 26.2 Å². The van der Waals surface area contributed by atoms with E-state index >= 15 is 0 Å². The number of hydrogen-bond donors (Lipinski definition) is 1. The van der Waals surface area contributed by atoms with Crippen molar-refractivity contribution in [2.75, 3.05) is 5.75 Å². The summed E-state index contributed by atoms with van der Waals surface area (Å²) in [7, 11) is 2.26. The van der Waals surface area contributed by atoms with Gasteiger partial charge < -0.3 is 0 Å². The van der Waals surface area contributed by atoms with E-state index in [-0.39, 0.29) is 0 Å². The third kappa shape index (κ3) is 6.41. The summed E-state index contributed by atoms with van der Waals surface area (Å²) < 4.78 is 0. The lowest BCUT2D eigenvalue weighted by molar-refractivity contribution is 0.706. The van der Waals surface area contributed by atoms with Crippen LogP contribution in [0.2, 0.25) is 5.82 Å². The van der Waals surface area contributed by atoms with Crippen molar-refractivity contribution in [2.45, 2.75) is 32.0 Å². The first kappa shape index (κ1) is 8.41. The molecular weight excluding hydrogens is 115 g/mol. The average molecular weight is 130 g/mol. The van der Waals surface area contributed by atoms with Gasteiger partial charge in [0.15, 0.2) is 0 Å². The number of rotatable bonds is 4. The first-order chi connectivity index (χ1) is 3.77. The van der Waals surface area contributed by atoms with Crippen molar-refractivity contribution in [1.29, 1.82) is 0 Å². The lowest BCUT2D eigenvalue weighted by atomic mass is 9.85. The molecular formula is C6H15BS. The Bertz CT molecular complexity index is 45.8. The Balaban J connectivity index is 2.72. The molecule has 48 valence electrons. The van der Waals surface area contributed by atoms with Crippen LogP contribution in [0.5, 0.6) is 0 Å². The van der Waals surface area contributed by atoms with E-state index in [1.807, 2.05) is 0 Å². The topological polar surface area (TPSA) is 0 Å². The van der Waals surface area contributed by atoms with Gasteiger partial charge in [0.1, 0.15) is 7.85 Å². The quantitative estimate of drug-likeness (QED) is 0.333. The van der Waals surface area contributed by atoms with Crippen LogP contribution >= 0.6 is 12.6 Å². The Hall–Kier alpha value is 0.415. The van der Waals surface area contributed by atoms with Gasteiger partial charge >= 0.3 is 0 Å². The van der Waals surface area contributed by atoms with Crippen molar-refractivity contribution in [3.63, 3.8) is 0 Å². The van der Waals surface area contributed by atoms with E-state index in [9.17, 15) is 0 Å². The van der Waals surface area contributed by atoms with Crippen molar-refractivity contribution in [2.24, 2.45) is 0 Å². The van der Waals surface area contributed by atoms with E-state index in [1.165, 1.54) is 19.3 Å². The first-order valence-electron chi connectivity index (χ1n) is 3.38. The van der Waals surface area contributed by atoms with Crippen LogP contribution in [0, 0.1) is 0 Å². The molecule has 0 aromatic carbocycles. The minimum absolute atomic E-state index is 0.870. The van der Waals surface area contributed by atoms with E-state index in [2.05, 4.69) is 27.4 Å². The Morgan fingerprint density at radius 1 is 1.50 bits per heavy atom.